The highest BCUT2D eigenvalue weighted by molar-refractivity contribution is 9.09. The van der Waals surface area contributed by atoms with Crippen molar-refractivity contribution in [2.24, 2.45) is 0 Å². The van der Waals surface area contributed by atoms with Gasteiger partial charge in [-0.3, -0.25) is 0 Å². The van der Waals surface area contributed by atoms with E-state index in [0.717, 1.165) is 14.8 Å². The predicted molar refractivity (Wildman–Crippen MR) is 44.1 cm³/mol. The van der Waals surface area contributed by atoms with Gasteiger partial charge < -0.3 is 0 Å². The molecule has 0 nitrogen and oxygen atoms in total. The Kier molecular flexibility index (Phi) is 3.99. The maximum absolute atomic E-state index is 3.41. The van der Waals surface area contributed by atoms with Gasteiger partial charge in [0.1, 0.15) is 0 Å². The molecule has 0 rings (SSSR count). The quantitative estimate of drug-likeness (QED) is 0.467. The van der Waals surface area contributed by atoms with Crippen molar-refractivity contribution in [2.45, 2.75) is 31.9 Å². The van der Waals surface area contributed by atoms with E-state index in [9.17, 15) is 0 Å². The maximum Gasteiger partial charge on any atom is 0.0453 e. The van der Waals surface area contributed by atoms with Gasteiger partial charge in [-0.05, 0) is 5.04 Å². The van der Waals surface area contributed by atoms with Crippen LogP contribution in [0.5, 0.6) is 0 Å². The lowest BCUT2D eigenvalue weighted by Gasteiger charge is -2.14. The maximum atomic E-state index is 3.41. The molecule has 0 unspecified atom stereocenters. The first-order valence-electron chi connectivity index (χ1n) is 2.87. The van der Waals surface area contributed by atoms with Crippen molar-refractivity contribution >= 4 is 25.4 Å². The molecule has 2 radical (unpaired) electrons. The monoisotopic (exact) mass is 192 g/mol. The lowest BCUT2D eigenvalue weighted by Crippen LogP contribution is -2.07. The van der Waals surface area contributed by atoms with Gasteiger partial charge in [0.15, 0.2) is 0 Å². The van der Waals surface area contributed by atoms with Gasteiger partial charge >= 0.3 is 0 Å². The van der Waals surface area contributed by atoms with Crippen molar-refractivity contribution in [1.82, 2.24) is 0 Å². The van der Waals surface area contributed by atoms with E-state index in [1.54, 1.807) is 0 Å². The van der Waals surface area contributed by atoms with Gasteiger partial charge in [0.05, 0.1) is 0 Å². The molecule has 0 heterocycles. The van der Waals surface area contributed by atoms with Crippen molar-refractivity contribution in [3.63, 3.8) is 0 Å². The molecule has 0 atom stereocenters. The number of hydrogen-bond donors (Lipinski definition) is 0. The minimum atomic E-state index is 0.549. The average molecular weight is 193 g/mol. The van der Waals surface area contributed by atoms with Gasteiger partial charge in [0.25, 0.3) is 0 Å². The Bertz CT molecular complexity index is 56.0. The van der Waals surface area contributed by atoms with Crippen LogP contribution >= 0.6 is 15.9 Å². The molecular formula is C6H13BrSi. The Morgan fingerprint density at radius 3 is 2.00 bits per heavy atom. The van der Waals surface area contributed by atoms with E-state index < -0.39 is 0 Å². The Morgan fingerprint density at radius 2 is 1.88 bits per heavy atom. The van der Waals surface area contributed by atoms with Crippen molar-refractivity contribution < 1.29 is 0 Å². The second-order valence-electron chi connectivity index (χ2n) is 2.87. The summed E-state index contributed by atoms with van der Waals surface area (Å²) < 4.78 is 0. The summed E-state index contributed by atoms with van der Waals surface area (Å²) in [5, 5.41) is 1.70. The third-order valence-electron chi connectivity index (χ3n) is 0.750. The van der Waals surface area contributed by atoms with Gasteiger partial charge in [-0.25, -0.2) is 0 Å². The molecular weight excluding hydrogens is 180 g/mol. The fourth-order valence-electron chi connectivity index (χ4n) is 0.422. The van der Waals surface area contributed by atoms with Crippen LogP contribution in [0.2, 0.25) is 11.1 Å². The molecule has 0 aliphatic heterocycles. The Hall–Kier alpha value is 0.697. The highest BCUT2D eigenvalue weighted by Crippen LogP contribution is 2.21. The molecule has 2 heteroatoms. The van der Waals surface area contributed by atoms with E-state index in [1.165, 1.54) is 6.04 Å². The highest BCUT2D eigenvalue weighted by Gasteiger charge is 2.08. The fraction of sp³-hybridized carbons (Fsp3) is 1.00. The SMILES string of the molecule is CC(C)(C)[Si]CCBr. The third-order valence-corrected chi connectivity index (χ3v) is 3.44. The summed E-state index contributed by atoms with van der Waals surface area (Å²) in [6, 6.07) is 1.32. The second-order valence-corrected chi connectivity index (χ2v) is 6.01. The van der Waals surface area contributed by atoms with E-state index in [2.05, 4.69) is 36.7 Å². The summed E-state index contributed by atoms with van der Waals surface area (Å²) >= 11 is 3.41. The van der Waals surface area contributed by atoms with Gasteiger partial charge in [-0.1, -0.05) is 42.7 Å². The van der Waals surface area contributed by atoms with Crippen molar-refractivity contribution in [2.75, 3.05) is 5.33 Å². The lowest BCUT2D eigenvalue weighted by atomic mass is 10.3. The molecule has 0 aliphatic carbocycles. The molecule has 0 aliphatic rings. The summed E-state index contributed by atoms with van der Waals surface area (Å²) in [6.07, 6.45) is 0. The van der Waals surface area contributed by atoms with Crippen LogP contribution < -0.4 is 0 Å². The summed E-state index contributed by atoms with van der Waals surface area (Å²) in [5.74, 6) is 0. The molecule has 0 saturated heterocycles. The first-order valence-corrected chi connectivity index (χ1v) is 5.20. The zero-order valence-corrected chi connectivity index (χ0v) is 8.38. The molecule has 0 aromatic heterocycles. The molecule has 0 bridgehead atoms. The molecule has 0 amide bonds. The summed E-state index contributed by atoms with van der Waals surface area (Å²) in [7, 11) is 1.09. The third kappa shape index (κ3) is 6.70. The van der Waals surface area contributed by atoms with Crippen molar-refractivity contribution in [3.8, 4) is 0 Å². The average Bonchev–Trinajstić information content (AvgIpc) is 1.59. The molecule has 48 valence electrons. The molecule has 0 aromatic carbocycles. The summed E-state index contributed by atoms with van der Waals surface area (Å²) in [4.78, 5) is 0. The molecule has 0 fully saturated rings. The van der Waals surface area contributed by atoms with E-state index in [1.807, 2.05) is 0 Å². The largest absolute Gasteiger partial charge is 0.0931 e. The number of halogens is 1. The van der Waals surface area contributed by atoms with Crippen LogP contribution in [0, 0.1) is 0 Å². The fourth-order valence-corrected chi connectivity index (χ4v) is 1.86. The standard InChI is InChI=1S/C6H13BrSi/c1-6(2,3)8-5-4-7/h4-5H2,1-3H3. The summed E-state index contributed by atoms with van der Waals surface area (Å²) in [6.45, 7) is 6.86. The van der Waals surface area contributed by atoms with Gasteiger partial charge in [-0.15, -0.1) is 0 Å². The number of alkyl halides is 1. The van der Waals surface area contributed by atoms with Crippen LogP contribution in [-0.4, -0.2) is 14.8 Å². The van der Waals surface area contributed by atoms with Crippen molar-refractivity contribution in [1.29, 1.82) is 0 Å². The zero-order valence-electron chi connectivity index (χ0n) is 5.79. The summed E-state index contributed by atoms with van der Waals surface area (Å²) in [5.41, 5.74) is 0. The zero-order chi connectivity index (χ0) is 6.62. The van der Waals surface area contributed by atoms with Gasteiger partial charge in [0.2, 0.25) is 0 Å². The molecule has 0 aromatic rings. The molecule has 0 N–H and O–H groups in total. The minimum absolute atomic E-state index is 0.549. The minimum Gasteiger partial charge on any atom is -0.0931 e. The van der Waals surface area contributed by atoms with Crippen LogP contribution in [0.1, 0.15) is 20.8 Å². The van der Waals surface area contributed by atoms with Crippen LogP contribution in [-0.2, 0) is 0 Å². The smallest absolute Gasteiger partial charge is 0.0453 e. The molecule has 0 spiro atoms. The molecule has 0 saturated carbocycles. The van der Waals surface area contributed by atoms with E-state index in [-0.39, 0.29) is 0 Å². The van der Waals surface area contributed by atoms with Gasteiger partial charge in [0, 0.05) is 14.8 Å². The van der Waals surface area contributed by atoms with Gasteiger partial charge in [-0.2, -0.15) is 0 Å². The topological polar surface area (TPSA) is 0 Å². The van der Waals surface area contributed by atoms with E-state index in [4.69, 9.17) is 0 Å². The Labute approximate surface area is 63.0 Å². The number of hydrogen-bond acceptors (Lipinski definition) is 0. The van der Waals surface area contributed by atoms with E-state index >= 15 is 0 Å². The first kappa shape index (κ1) is 8.70. The Morgan fingerprint density at radius 1 is 1.38 bits per heavy atom. The number of rotatable bonds is 2. The molecule has 8 heavy (non-hydrogen) atoms. The Balaban J connectivity index is 3.11. The van der Waals surface area contributed by atoms with Crippen LogP contribution in [0.25, 0.3) is 0 Å². The lowest BCUT2D eigenvalue weighted by molar-refractivity contribution is 0.751. The van der Waals surface area contributed by atoms with Crippen LogP contribution in [0.15, 0.2) is 0 Å². The highest BCUT2D eigenvalue weighted by atomic mass is 79.9. The normalized spacial score (nSPS) is 12.0. The predicted octanol–water partition coefficient (Wildman–Crippen LogP) is 2.72. The van der Waals surface area contributed by atoms with Crippen molar-refractivity contribution in [3.05, 3.63) is 0 Å². The first-order chi connectivity index (χ1) is 3.56. The van der Waals surface area contributed by atoms with Crippen LogP contribution in [0.4, 0.5) is 0 Å². The van der Waals surface area contributed by atoms with E-state index in [0.29, 0.717) is 5.04 Å². The second kappa shape index (κ2) is 3.67. The van der Waals surface area contributed by atoms with Crippen LogP contribution in [0.3, 0.4) is 0 Å².